The van der Waals surface area contributed by atoms with Crippen LogP contribution in [-0.2, 0) is 0 Å². The van der Waals surface area contributed by atoms with Crippen LogP contribution in [0.5, 0.6) is 5.75 Å². The lowest BCUT2D eigenvalue weighted by Gasteiger charge is -2.17. The highest BCUT2D eigenvalue weighted by atomic mass is 16.3. The van der Waals surface area contributed by atoms with Crippen LogP contribution in [0.4, 0.5) is 0 Å². The second kappa shape index (κ2) is 4.73. The topological polar surface area (TPSA) is 20.2 Å². The van der Waals surface area contributed by atoms with Gasteiger partial charge in [-0.1, -0.05) is 12.1 Å². The summed E-state index contributed by atoms with van der Waals surface area (Å²) in [7, 11) is 0. The molecule has 0 spiro atoms. The van der Waals surface area contributed by atoms with Crippen LogP contribution in [0.3, 0.4) is 0 Å². The van der Waals surface area contributed by atoms with Crippen molar-refractivity contribution in [3.8, 4) is 16.9 Å². The summed E-state index contributed by atoms with van der Waals surface area (Å²) in [6, 6.07) is 6.12. The van der Waals surface area contributed by atoms with Crippen LogP contribution in [-0.4, -0.2) is 5.11 Å². The number of aryl methyl sites for hydroxylation is 2. The Hall–Kier alpha value is -1.76. The first-order valence-electron chi connectivity index (χ1n) is 6.71. The lowest BCUT2D eigenvalue weighted by Crippen LogP contribution is -1.96. The summed E-state index contributed by atoms with van der Waals surface area (Å²) >= 11 is 0. The van der Waals surface area contributed by atoms with E-state index in [2.05, 4.69) is 46.8 Å². The summed E-state index contributed by atoms with van der Waals surface area (Å²) in [4.78, 5) is 0. The van der Waals surface area contributed by atoms with Crippen LogP contribution in [0.1, 0.15) is 33.4 Å². The van der Waals surface area contributed by atoms with E-state index in [1.54, 1.807) is 0 Å². The number of phenols is 1. The molecule has 1 nitrogen and oxygen atoms in total. The molecule has 0 aromatic heterocycles. The molecule has 0 saturated heterocycles. The van der Waals surface area contributed by atoms with E-state index in [-0.39, 0.29) is 0 Å². The highest BCUT2D eigenvalue weighted by Crippen LogP contribution is 2.38. The third kappa shape index (κ3) is 2.14. The molecule has 0 aliphatic rings. The van der Waals surface area contributed by atoms with Crippen molar-refractivity contribution in [1.82, 2.24) is 0 Å². The van der Waals surface area contributed by atoms with Gasteiger partial charge in [0.15, 0.2) is 0 Å². The second-order valence-electron chi connectivity index (χ2n) is 5.52. The van der Waals surface area contributed by atoms with E-state index in [0.717, 1.165) is 16.7 Å². The molecule has 0 radical (unpaired) electrons. The number of hydrogen-bond donors (Lipinski definition) is 1. The number of phenolic OH excluding ortho intramolecular Hbond substituents is 1. The zero-order valence-electron chi connectivity index (χ0n) is 12.7. The molecule has 0 aliphatic carbocycles. The smallest absolute Gasteiger partial charge is 0.123 e. The molecule has 1 heteroatoms. The number of benzene rings is 2. The molecule has 19 heavy (non-hydrogen) atoms. The Morgan fingerprint density at radius 2 is 1.26 bits per heavy atom. The summed E-state index contributed by atoms with van der Waals surface area (Å²) in [5.41, 5.74) is 9.53. The second-order valence-corrected chi connectivity index (χ2v) is 5.52. The standard InChI is InChI=1S/C18H22O/c1-10-7-8-16(14(5)12(10)3)18-15(6)13(4)11(2)9-17(18)19/h7-9,19H,1-6H3. The summed E-state index contributed by atoms with van der Waals surface area (Å²) in [6.07, 6.45) is 0. The predicted molar refractivity (Wildman–Crippen MR) is 82.0 cm³/mol. The van der Waals surface area contributed by atoms with Gasteiger partial charge in [-0.3, -0.25) is 0 Å². The van der Waals surface area contributed by atoms with Gasteiger partial charge >= 0.3 is 0 Å². The van der Waals surface area contributed by atoms with Crippen LogP contribution in [0, 0.1) is 41.5 Å². The molecule has 0 heterocycles. The molecular weight excluding hydrogens is 232 g/mol. The zero-order valence-corrected chi connectivity index (χ0v) is 12.7. The van der Waals surface area contributed by atoms with Crippen molar-refractivity contribution in [3.63, 3.8) is 0 Å². The minimum Gasteiger partial charge on any atom is -0.507 e. The highest BCUT2D eigenvalue weighted by molar-refractivity contribution is 5.78. The lowest BCUT2D eigenvalue weighted by molar-refractivity contribution is 0.476. The van der Waals surface area contributed by atoms with E-state index < -0.39 is 0 Å². The van der Waals surface area contributed by atoms with Gasteiger partial charge in [0.05, 0.1) is 0 Å². The summed E-state index contributed by atoms with van der Waals surface area (Å²) in [6.45, 7) is 12.6. The first-order valence-corrected chi connectivity index (χ1v) is 6.71. The Balaban J connectivity index is 2.80. The molecule has 2 aromatic carbocycles. The Morgan fingerprint density at radius 3 is 1.89 bits per heavy atom. The third-order valence-corrected chi connectivity index (χ3v) is 4.47. The fourth-order valence-electron chi connectivity index (χ4n) is 2.63. The summed E-state index contributed by atoms with van der Waals surface area (Å²) in [5.74, 6) is 0.381. The van der Waals surface area contributed by atoms with Crippen molar-refractivity contribution in [1.29, 1.82) is 0 Å². The van der Waals surface area contributed by atoms with Crippen molar-refractivity contribution in [2.75, 3.05) is 0 Å². The minimum absolute atomic E-state index is 0.381. The van der Waals surface area contributed by atoms with Crippen LogP contribution in [0.25, 0.3) is 11.1 Å². The van der Waals surface area contributed by atoms with Crippen molar-refractivity contribution in [2.24, 2.45) is 0 Å². The highest BCUT2D eigenvalue weighted by Gasteiger charge is 2.15. The molecule has 2 rings (SSSR count). The van der Waals surface area contributed by atoms with Crippen LogP contribution < -0.4 is 0 Å². The third-order valence-electron chi connectivity index (χ3n) is 4.47. The summed E-state index contributed by atoms with van der Waals surface area (Å²) < 4.78 is 0. The van der Waals surface area contributed by atoms with E-state index >= 15 is 0 Å². The molecular formula is C18H22O. The van der Waals surface area contributed by atoms with E-state index in [1.165, 1.54) is 27.8 Å². The minimum atomic E-state index is 0.381. The van der Waals surface area contributed by atoms with Crippen LogP contribution >= 0.6 is 0 Å². The van der Waals surface area contributed by atoms with Crippen LogP contribution in [0.15, 0.2) is 18.2 Å². The molecule has 0 amide bonds. The largest absolute Gasteiger partial charge is 0.507 e. The molecule has 2 aromatic rings. The van der Waals surface area contributed by atoms with Crippen molar-refractivity contribution >= 4 is 0 Å². The van der Waals surface area contributed by atoms with Gasteiger partial charge in [0, 0.05) is 5.56 Å². The van der Waals surface area contributed by atoms with Crippen LogP contribution in [0.2, 0.25) is 0 Å². The molecule has 0 fully saturated rings. The monoisotopic (exact) mass is 254 g/mol. The lowest BCUT2D eigenvalue weighted by atomic mass is 9.88. The molecule has 0 bridgehead atoms. The number of aromatic hydroxyl groups is 1. The first-order chi connectivity index (χ1) is 8.84. The van der Waals surface area contributed by atoms with E-state index in [4.69, 9.17) is 0 Å². The zero-order chi connectivity index (χ0) is 14.3. The number of rotatable bonds is 1. The fraction of sp³-hybridized carbons (Fsp3) is 0.333. The Kier molecular flexibility index (Phi) is 3.40. The van der Waals surface area contributed by atoms with Gasteiger partial charge in [-0.15, -0.1) is 0 Å². The summed E-state index contributed by atoms with van der Waals surface area (Å²) in [5, 5.41) is 10.3. The maximum atomic E-state index is 10.3. The van der Waals surface area contributed by atoms with Crippen molar-refractivity contribution in [3.05, 3.63) is 51.6 Å². The SMILES string of the molecule is Cc1ccc(-c2c(O)cc(C)c(C)c2C)c(C)c1C. The molecule has 1 N–H and O–H groups in total. The Morgan fingerprint density at radius 1 is 0.684 bits per heavy atom. The average Bonchev–Trinajstić information content (AvgIpc) is 2.36. The van der Waals surface area contributed by atoms with Gasteiger partial charge in [-0.05, 0) is 86.6 Å². The van der Waals surface area contributed by atoms with Crippen molar-refractivity contribution in [2.45, 2.75) is 41.5 Å². The van der Waals surface area contributed by atoms with Crippen molar-refractivity contribution < 1.29 is 5.11 Å². The predicted octanol–water partition coefficient (Wildman–Crippen LogP) is 4.91. The van der Waals surface area contributed by atoms with Gasteiger partial charge < -0.3 is 5.11 Å². The fourth-order valence-corrected chi connectivity index (χ4v) is 2.63. The normalized spacial score (nSPS) is 10.8. The number of hydrogen-bond acceptors (Lipinski definition) is 1. The van der Waals surface area contributed by atoms with Gasteiger partial charge in [0.1, 0.15) is 5.75 Å². The Labute approximate surface area is 115 Å². The molecule has 100 valence electrons. The van der Waals surface area contributed by atoms with Gasteiger partial charge in [0.2, 0.25) is 0 Å². The molecule has 0 atom stereocenters. The van der Waals surface area contributed by atoms with Gasteiger partial charge in [-0.2, -0.15) is 0 Å². The molecule has 0 aliphatic heterocycles. The van der Waals surface area contributed by atoms with E-state index in [1.807, 2.05) is 13.0 Å². The maximum Gasteiger partial charge on any atom is 0.123 e. The van der Waals surface area contributed by atoms with E-state index in [0.29, 0.717) is 5.75 Å². The molecule has 0 saturated carbocycles. The van der Waals surface area contributed by atoms with Gasteiger partial charge in [-0.25, -0.2) is 0 Å². The average molecular weight is 254 g/mol. The van der Waals surface area contributed by atoms with E-state index in [9.17, 15) is 5.11 Å². The quantitative estimate of drug-likeness (QED) is 0.766. The first kappa shape index (κ1) is 13.7. The molecule has 0 unspecified atom stereocenters. The maximum absolute atomic E-state index is 10.3. The Bertz CT molecular complexity index is 651. The van der Waals surface area contributed by atoms with Gasteiger partial charge in [0.25, 0.3) is 0 Å².